The Balaban J connectivity index is 2.07. The fourth-order valence-electron chi connectivity index (χ4n) is 2.11. The number of carbonyl (C=O) groups excluding carboxylic acids is 2. The third-order valence-corrected chi connectivity index (χ3v) is 3.54. The van der Waals surface area contributed by atoms with Gasteiger partial charge in [-0.1, -0.05) is 11.6 Å². The molecule has 0 saturated carbocycles. The fourth-order valence-corrected chi connectivity index (χ4v) is 2.26. The number of likely N-dealkylation sites (N-methyl/N-ethyl adjacent to an activating group) is 1. The van der Waals surface area contributed by atoms with Crippen LogP contribution in [0.5, 0.6) is 0 Å². The van der Waals surface area contributed by atoms with Crippen molar-refractivity contribution >= 4 is 34.4 Å². The molecule has 0 atom stereocenters. The number of nitrogens with zero attached hydrogens (tertiary/aromatic N) is 2. The van der Waals surface area contributed by atoms with Gasteiger partial charge in [-0.25, -0.2) is 9.78 Å². The zero-order valence-electron chi connectivity index (χ0n) is 12.5. The molecule has 5 nitrogen and oxygen atoms in total. The molecule has 22 heavy (non-hydrogen) atoms. The van der Waals surface area contributed by atoms with E-state index in [1.807, 2.05) is 13.8 Å². The second kappa shape index (κ2) is 7.22. The van der Waals surface area contributed by atoms with Crippen molar-refractivity contribution < 1.29 is 14.3 Å². The van der Waals surface area contributed by atoms with Crippen LogP contribution in [0.2, 0.25) is 5.15 Å². The Morgan fingerprint density at radius 2 is 1.91 bits per heavy atom. The van der Waals surface area contributed by atoms with Crippen LogP contribution >= 0.6 is 11.6 Å². The smallest absolute Gasteiger partial charge is 0.338 e. The van der Waals surface area contributed by atoms with Crippen LogP contribution < -0.4 is 0 Å². The largest absolute Gasteiger partial charge is 0.452 e. The van der Waals surface area contributed by atoms with E-state index in [0.717, 1.165) is 5.39 Å². The predicted octanol–water partition coefficient (Wildman–Crippen LogP) is 2.91. The Hall–Kier alpha value is -2.14. The maximum Gasteiger partial charge on any atom is 0.338 e. The van der Waals surface area contributed by atoms with Crippen molar-refractivity contribution in [3.8, 4) is 0 Å². The number of halogens is 1. The Morgan fingerprint density at radius 1 is 1.18 bits per heavy atom. The maximum atomic E-state index is 12.0. The second-order valence-corrected chi connectivity index (χ2v) is 5.07. The first-order valence-electron chi connectivity index (χ1n) is 7.06. The van der Waals surface area contributed by atoms with Crippen LogP contribution in [0, 0.1) is 0 Å². The number of aromatic nitrogens is 1. The van der Waals surface area contributed by atoms with Crippen molar-refractivity contribution in [1.29, 1.82) is 0 Å². The second-order valence-electron chi connectivity index (χ2n) is 4.68. The van der Waals surface area contributed by atoms with Gasteiger partial charge in [-0.15, -0.1) is 0 Å². The first-order valence-corrected chi connectivity index (χ1v) is 7.44. The topological polar surface area (TPSA) is 59.5 Å². The summed E-state index contributed by atoms with van der Waals surface area (Å²) in [5, 5.41) is 1.18. The van der Waals surface area contributed by atoms with Gasteiger partial charge >= 0.3 is 5.97 Å². The molecule has 0 unspecified atom stereocenters. The Labute approximate surface area is 133 Å². The minimum absolute atomic E-state index is 0.201. The van der Waals surface area contributed by atoms with Gasteiger partial charge in [0.2, 0.25) is 0 Å². The molecular formula is C16H17ClN2O3. The van der Waals surface area contributed by atoms with E-state index < -0.39 is 5.97 Å². The Bertz CT molecular complexity index is 699. The molecule has 6 heteroatoms. The summed E-state index contributed by atoms with van der Waals surface area (Å²) in [7, 11) is 0. The molecule has 1 aromatic carbocycles. The van der Waals surface area contributed by atoms with Crippen LogP contribution in [0.4, 0.5) is 0 Å². The van der Waals surface area contributed by atoms with E-state index in [1.165, 1.54) is 0 Å². The van der Waals surface area contributed by atoms with Gasteiger partial charge in [-0.2, -0.15) is 0 Å². The van der Waals surface area contributed by atoms with Crippen molar-refractivity contribution in [3.63, 3.8) is 0 Å². The van der Waals surface area contributed by atoms with Crippen molar-refractivity contribution in [3.05, 3.63) is 41.0 Å². The summed E-state index contributed by atoms with van der Waals surface area (Å²) >= 11 is 5.82. The predicted molar refractivity (Wildman–Crippen MR) is 85.0 cm³/mol. The number of ether oxygens (including phenoxy) is 1. The average molecular weight is 321 g/mol. The summed E-state index contributed by atoms with van der Waals surface area (Å²) in [4.78, 5) is 29.6. The average Bonchev–Trinajstić information content (AvgIpc) is 2.53. The van der Waals surface area contributed by atoms with Crippen LogP contribution in [0.25, 0.3) is 10.9 Å². The van der Waals surface area contributed by atoms with Gasteiger partial charge < -0.3 is 9.64 Å². The number of fused-ring (bicyclic) bond motifs is 1. The van der Waals surface area contributed by atoms with E-state index >= 15 is 0 Å². The minimum Gasteiger partial charge on any atom is -0.452 e. The number of benzene rings is 1. The normalized spacial score (nSPS) is 10.5. The summed E-state index contributed by atoms with van der Waals surface area (Å²) in [6, 6.07) is 8.41. The van der Waals surface area contributed by atoms with Gasteiger partial charge in [-0.3, -0.25) is 4.79 Å². The molecule has 2 aromatic rings. The Kier molecular flexibility index (Phi) is 5.33. The summed E-state index contributed by atoms with van der Waals surface area (Å²) in [6.45, 7) is 4.69. The number of pyridine rings is 1. The SMILES string of the molecule is CCN(CC)C(=O)COC(=O)c1ccc2nc(Cl)ccc2c1. The number of carbonyl (C=O) groups is 2. The monoisotopic (exact) mass is 320 g/mol. The number of esters is 1. The van der Waals surface area contributed by atoms with Crippen molar-refractivity contribution in [2.45, 2.75) is 13.8 Å². The van der Waals surface area contributed by atoms with Crippen LogP contribution in [-0.4, -0.2) is 41.5 Å². The highest BCUT2D eigenvalue weighted by atomic mass is 35.5. The highest BCUT2D eigenvalue weighted by Gasteiger charge is 2.14. The summed E-state index contributed by atoms with van der Waals surface area (Å²) in [6.07, 6.45) is 0. The zero-order chi connectivity index (χ0) is 16.1. The molecule has 0 spiro atoms. The summed E-state index contributed by atoms with van der Waals surface area (Å²) in [5.41, 5.74) is 1.08. The molecule has 0 saturated heterocycles. The van der Waals surface area contributed by atoms with Gasteiger partial charge in [-0.05, 0) is 44.2 Å². The molecule has 1 aromatic heterocycles. The first-order chi connectivity index (χ1) is 10.5. The lowest BCUT2D eigenvalue weighted by molar-refractivity contribution is -0.134. The quantitative estimate of drug-likeness (QED) is 0.628. The molecule has 0 aliphatic rings. The number of hydrogen-bond acceptors (Lipinski definition) is 4. The molecule has 0 aliphatic carbocycles. The molecule has 1 amide bonds. The van der Waals surface area contributed by atoms with Gasteiger partial charge in [0.05, 0.1) is 11.1 Å². The highest BCUT2D eigenvalue weighted by molar-refractivity contribution is 6.29. The van der Waals surface area contributed by atoms with E-state index in [9.17, 15) is 9.59 Å². The highest BCUT2D eigenvalue weighted by Crippen LogP contribution is 2.17. The van der Waals surface area contributed by atoms with E-state index in [4.69, 9.17) is 16.3 Å². The van der Waals surface area contributed by atoms with Gasteiger partial charge in [0.25, 0.3) is 5.91 Å². The fraction of sp³-hybridized carbons (Fsp3) is 0.312. The van der Waals surface area contributed by atoms with E-state index in [-0.39, 0.29) is 12.5 Å². The standard InChI is InChI=1S/C16H17ClN2O3/c1-3-19(4-2)15(20)10-22-16(21)12-5-7-13-11(9-12)6-8-14(17)18-13/h5-9H,3-4,10H2,1-2H3. The van der Waals surface area contributed by atoms with Crippen LogP contribution in [-0.2, 0) is 9.53 Å². The van der Waals surface area contributed by atoms with Crippen LogP contribution in [0.15, 0.2) is 30.3 Å². The number of amides is 1. The molecule has 1 heterocycles. The third-order valence-electron chi connectivity index (χ3n) is 3.33. The minimum atomic E-state index is -0.530. The van der Waals surface area contributed by atoms with Crippen LogP contribution in [0.3, 0.4) is 0 Å². The van der Waals surface area contributed by atoms with Crippen molar-refractivity contribution in [1.82, 2.24) is 9.88 Å². The van der Waals surface area contributed by atoms with E-state index in [2.05, 4.69) is 4.98 Å². The van der Waals surface area contributed by atoms with Gasteiger partial charge in [0.1, 0.15) is 5.15 Å². The van der Waals surface area contributed by atoms with Crippen molar-refractivity contribution in [2.24, 2.45) is 0 Å². The lowest BCUT2D eigenvalue weighted by atomic mass is 10.1. The molecule has 0 aliphatic heterocycles. The number of hydrogen-bond donors (Lipinski definition) is 0. The molecule has 0 bridgehead atoms. The summed E-state index contributed by atoms with van der Waals surface area (Å²) in [5.74, 6) is -0.732. The lowest BCUT2D eigenvalue weighted by Gasteiger charge is -2.18. The van der Waals surface area contributed by atoms with E-state index in [0.29, 0.717) is 29.3 Å². The molecule has 0 N–H and O–H groups in total. The molecule has 2 rings (SSSR count). The lowest BCUT2D eigenvalue weighted by Crippen LogP contribution is -2.34. The summed E-state index contributed by atoms with van der Waals surface area (Å²) < 4.78 is 5.07. The van der Waals surface area contributed by atoms with Gasteiger partial charge in [0, 0.05) is 18.5 Å². The third kappa shape index (κ3) is 3.74. The Morgan fingerprint density at radius 3 is 2.59 bits per heavy atom. The zero-order valence-corrected chi connectivity index (χ0v) is 13.3. The van der Waals surface area contributed by atoms with E-state index in [1.54, 1.807) is 35.2 Å². The number of rotatable bonds is 5. The van der Waals surface area contributed by atoms with Gasteiger partial charge in [0.15, 0.2) is 6.61 Å². The molecule has 0 radical (unpaired) electrons. The molecule has 0 fully saturated rings. The van der Waals surface area contributed by atoms with Crippen molar-refractivity contribution in [2.75, 3.05) is 19.7 Å². The maximum absolute atomic E-state index is 12.0. The molecule has 116 valence electrons. The van der Waals surface area contributed by atoms with Crippen LogP contribution in [0.1, 0.15) is 24.2 Å². The first kappa shape index (κ1) is 16.2. The molecular weight excluding hydrogens is 304 g/mol.